The van der Waals surface area contributed by atoms with Crippen LogP contribution in [0.1, 0.15) is 27.6 Å². The molecule has 0 amide bonds. The Labute approximate surface area is 152 Å². The second-order valence-corrected chi connectivity index (χ2v) is 6.13. The summed E-state index contributed by atoms with van der Waals surface area (Å²) in [6, 6.07) is 3.60. The number of halogens is 1. The summed E-state index contributed by atoms with van der Waals surface area (Å²) in [4.78, 5) is 17.9. The van der Waals surface area contributed by atoms with Crippen molar-refractivity contribution in [2.45, 2.75) is 20.0 Å². The van der Waals surface area contributed by atoms with Gasteiger partial charge in [-0.1, -0.05) is 11.6 Å². The SMILES string of the molecule is CN=C(NCc1cc(C(=O)OC)c(C)o1)N(C)Cc1cc(Cl)cn1C. The molecule has 136 valence electrons. The normalized spacial score (nSPS) is 11.5. The minimum atomic E-state index is -0.408. The first-order valence-corrected chi connectivity index (χ1v) is 8.13. The van der Waals surface area contributed by atoms with Gasteiger partial charge in [-0.25, -0.2) is 4.79 Å². The maximum Gasteiger partial charge on any atom is 0.341 e. The van der Waals surface area contributed by atoms with Crippen molar-refractivity contribution in [3.8, 4) is 0 Å². The van der Waals surface area contributed by atoms with Crippen molar-refractivity contribution < 1.29 is 13.9 Å². The van der Waals surface area contributed by atoms with Gasteiger partial charge in [0.15, 0.2) is 5.96 Å². The average molecular weight is 367 g/mol. The first-order valence-electron chi connectivity index (χ1n) is 7.75. The number of furan rings is 1. The predicted molar refractivity (Wildman–Crippen MR) is 96.9 cm³/mol. The fourth-order valence-corrected chi connectivity index (χ4v) is 2.81. The van der Waals surface area contributed by atoms with Crippen molar-refractivity contribution in [2.24, 2.45) is 12.0 Å². The minimum Gasteiger partial charge on any atom is -0.465 e. The molecule has 0 fully saturated rings. The van der Waals surface area contributed by atoms with Crippen LogP contribution in [0.2, 0.25) is 5.02 Å². The van der Waals surface area contributed by atoms with Crippen molar-refractivity contribution in [1.82, 2.24) is 14.8 Å². The van der Waals surface area contributed by atoms with Gasteiger partial charge in [-0.05, 0) is 19.1 Å². The molecule has 2 rings (SSSR count). The van der Waals surface area contributed by atoms with Crippen LogP contribution in [0.25, 0.3) is 0 Å². The summed E-state index contributed by atoms with van der Waals surface area (Å²) in [5.41, 5.74) is 1.50. The van der Waals surface area contributed by atoms with E-state index in [0.29, 0.717) is 41.2 Å². The molecular weight excluding hydrogens is 344 g/mol. The number of guanidine groups is 1. The van der Waals surface area contributed by atoms with Crippen LogP contribution >= 0.6 is 11.6 Å². The predicted octanol–water partition coefficient (Wildman–Crippen LogP) is 2.57. The molecule has 0 saturated heterocycles. The molecule has 7 nitrogen and oxygen atoms in total. The molecule has 8 heteroatoms. The number of aliphatic imine (C=N–C) groups is 1. The van der Waals surface area contributed by atoms with Crippen LogP contribution in [0.5, 0.6) is 0 Å². The number of hydrogen-bond donors (Lipinski definition) is 1. The summed E-state index contributed by atoms with van der Waals surface area (Å²) >= 11 is 6.02. The molecule has 0 bridgehead atoms. The van der Waals surface area contributed by atoms with E-state index >= 15 is 0 Å². The van der Waals surface area contributed by atoms with Crippen LogP contribution in [0.3, 0.4) is 0 Å². The van der Waals surface area contributed by atoms with Crippen LogP contribution in [-0.2, 0) is 24.9 Å². The zero-order valence-electron chi connectivity index (χ0n) is 15.1. The number of nitrogens with zero attached hydrogens (tertiary/aromatic N) is 3. The summed E-state index contributed by atoms with van der Waals surface area (Å²) in [5, 5.41) is 3.92. The standard InChI is InChI=1S/C17H23ClN4O3/c1-11-15(16(23)24-5)7-14(25-11)8-20-17(19-2)22(4)10-13-6-12(18)9-21(13)3/h6-7,9H,8,10H2,1-5H3,(H,19,20). The third kappa shape index (κ3) is 4.57. The van der Waals surface area contributed by atoms with Crippen LogP contribution in [0.15, 0.2) is 27.7 Å². The zero-order chi connectivity index (χ0) is 18.6. The Morgan fingerprint density at radius 2 is 2.20 bits per heavy atom. The van der Waals surface area contributed by atoms with Gasteiger partial charge in [0.25, 0.3) is 0 Å². The average Bonchev–Trinajstić information content (AvgIpc) is 3.09. The van der Waals surface area contributed by atoms with Gasteiger partial charge in [0.1, 0.15) is 17.1 Å². The molecule has 0 spiro atoms. The number of carbonyl (C=O) groups is 1. The maximum absolute atomic E-state index is 11.6. The van der Waals surface area contributed by atoms with Crippen LogP contribution in [0.4, 0.5) is 0 Å². The lowest BCUT2D eigenvalue weighted by Crippen LogP contribution is -2.38. The van der Waals surface area contributed by atoms with Crippen molar-refractivity contribution in [2.75, 3.05) is 21.2 Å². The third-order valence-corrected chi connectivity index (χ3v) is 4.05. The smallest absolute Gasteiger partial charge is 0.341 e. The van der Waals surface area contributed by atoms with Gasteiger partial charge >= 0.3 is 5.97 Å². The van der Waals surface area contributed by atoms with Gasteiger partial charge in [0.05, 0.1) is 25.2 Å². The second-order valence-electron chi connectivity index (χ2n) is 5.69. The molecule has 0 atom stereocenters. The molecule has 1 N–H and O–H groups in total. The molecule has 0 unspecified atom stereocenters. The van der Waals surface area contributed by atoms with E-state index in [1.807, 2.05) is 35.8 Å². The number of methoxy groups -OCH3 is 1. The van der Waals surface area contributed by atoms with Crippen molar-refractivity contribution >= 4 is 23.5 Å². The summed E-state index contributed by atoms with van der Waals surface area (Å²) in [5.74, 6) is 1.46. The highest BCUT2D eigenvalue weighted by Gasteiger charge is 2.16. The van der Waals surface area contributed by atoms with E-state index in [4.69, 9.17) is 20.8 Å². The molecule has 0 radical (unpaired) electrons. The van der Waals surface area contributed by atoms with E-state index in [2.05, 4.69) is 10.3 Å². The van der Waals surface area contributed by atoms with E-state index < -0.39 is 5.97 Å². The molecule has 2 aromatic heterocycles. The number of nitrogens with one attached hydrogen (secondary N) is 1. The molecule has 0 aliphatic carbocycles. The highest BCUT2D eigenvalue weighted by atomic mass is 35.5. The molecule has 0 aliphatic rings. The second kappa shape index (κ2) is 8.11. The van der Waals surface area contributed by atoms with E-state index in [1.54, 1.807) is 20.0 Å². The van der Waals surface area contributed by atoms with E-state index in [0.717, 1.165) is 5.69 Å². The van der Waals surface area contributed by atoms with Gasteiger partial charge in [-0.15, -0.1) is 0 Å². The molecule has 2 aromatic rings. The molecular formula is C17H23ClN4O3. The van der Waals surface area contributed by atoms with Gasteiger partial charge in [0, 0.05) is 33.0 Å². The number of ether oxygens (including phenoxy) is 1. The number of aromatic nitrogens is 1. The Balaban J connectivity index is 2.00. The Hall–Kier alpha value is -2.41. The van der Waals surface area contributed by atoms with Crippen LogP contribution < -0.4 is 5.32 Å². The molecule has 2 heterocycles. The summed E-state index contributed by atoms with van der Waals surface area (Å²) in [6.07, 6.45) is 1.86. The minimum absolute atomic E-state index is 0.405. The monoisotopic (exact) mass is 366 g/mol. The lowest BCUT2D eigenvalue weighted by molar-refractivity contribution is 0.0599. The van der Waals surface area contributed by atoms with Gasteiger partial charge in [-0.3, -0.25) is 4.99 Å². The van der Waals surface area contributed by atoms with Crippen LogP contribution in [0, 0.1) is 6.92 Å². The zero-order valence-corrected chi connectivity index (χ0v) is 15.8. The number of hydrogen-bond acceptors (Lipinski definition) is 4. The highest BCUT2D eigenvalue weighted by molar-refractivity contribution is 6.30. The largest absolute Gasteiger partial charge is 0.465 e. The molecule has 0 aromatic carbocycles. The fraction of sp³-hybridized carbons (Fsp3) is 0.412. The topological polar surface area (TPSA) is 72.0 Å². The summed E-state index contributed by atoms with van der Waals surface area (Å²) in [7, 11) is 6.94. The van der Waals surface area contributed by atoms with Gasteiger partial charge in [-0.2, -0.15) is 0 Å². The van der Waals surface area contributed by atoms with Crippen molar-refractivity contribution in [1.29, 1.82) is 0 Å². The number of esters is 1. The summed E-state index contributed by atoms with van der Waals surface area (Å²) < 4.78 is 12.3. The summed E-state index contributed by atoms with van der Waals surface area (Å²) in [6.45, 7) is 2.78. The number of rotatable bonds is 5. The Morgan fingerprint density at radius 1 is 1.48 bits per heavy atom. The van der Waals surface area contributed by atoms with Gasteiger partial charge < -0.3 is 23.9 Å². The third-order valence-electron chi connectivity index (χ3n) is 3.84. The quantitative estimate of drug-likeness (QED) is 0.500. The first-order chi connectivity index (χ1) is 11.8. The number of carbonyl (C=O) groups excluding carboxylic acids is 1. The fourth-order valence-electron chi connectivity index (χ4n) is 2.54. The Bertz CT molecular complexity index is 779. The lowest BCUT2D eigenvalue weighted by atomic mass is 10.2. The van der Waals surface area contributed by atoms with Crippen molar-refractivity contribution in [3.05, 3.63) is 46.1 Å². The highest BCUT2D eigenvalue weighted by Crippen LogP contribution is 2.16. The maximum atomic E-state index is 11.6. The van der Waals surface area contributed by atoms with Crippen molar-refractivity contribution in [3.63, 3.8) is 0 Å². The van der Waals surface area contributed by atoms with E-state index in [9.17, 15) is 4.79 Å². The number of aryl methyl sites for hydroxylation is 2. The van der Waals surface area contributed by atoms with Gasteiger partial charge in [0.2, 0.25) is 0 Å². The molecule has 25 heavy (non-hydrogen) atoms. The molecule has 0 aliphatic heterocycles. The van der Waals surface area contributed by atoms with E-state index in [-0.39, 0.29) is 0 Å². The van der Waals surface area contributed by atoms with Crippen LogP contribution in [-0.4, -0.2) is 42.6 Å². The lowest BCUT2D eigenvalue weighted by Gasteiger charge is -2.22. The Kier molecular flexibility index (Phi) is 6.14. The van der Waals surface area contributed by atoms with E-state index in [1.165, 1.54) is 7.11 Å². The molecule has 0 saturated carbocycles. The first kappa shape index (κ1) is 18.9. The Morgan fingerprint density at radius 3 is 2.76 bits per heavy atom.